The molecule has 0 aliphatic heterocycles. The van der Waals surface area contributed by atoms with Gasteiger partial charge in [-0.1, -0.05) is 30.3 Å². The van der Waals surface area contributed by atoms with Crippen molar-refractivity contribution in [3.8, 4) is 0 Å². The number of hydrogen-bond donors (Lipinski definition) is 1. The second-order valence-corrected chi connectivity index (χ2v) is 7.37. The number of benzene rings is 2. The smallest absolute Gasteiger partial charge is 0.468 e. The minimum absolute atomic E-state index is 0.261. The van der Waals surface area contributed by atoms with E-state index >= 15 is 0 Å². The summed E-state index contributed by atoms with van der Waals surface area (Å²) < 4.78 is 80.1. The molecule has 0 aliphatic carbocycles. The van der Waals surface area contributed by atoms with Gasteiger partial charge in [0.25, 0.3) is 9.84 Å². The first-order valence-corrected chi connectivity index (χ1v) is 9.04. The molecule has 5 nitrogen and oxygen atoms in total. The average molecular weight is 405 g/mol. The highest BCUT2D eigenvalue weighted by Crippen LogP contribution is 2.35. The monoisotopic (exact) mass is 405 g/mol. The second-order valence-electron chi connectivity index (χ2n) is 5.46. The van der Waals surface area contributed by atoms with Crippen molar-refractivity contribution in [3.63, 3.8) is 0 Å². The van der Waals surface area contributed by atoms with Gasteiger partial charge in [-0.15, -0.1) is 0 Å². The van der Waals surface area contributed by atoms with E-state index in [0.29, 0.717) is 5.56 Å². The van der Waals surface area contributed by atoms with Crippen LogP contribution < -0.4 is 5.32 Å². The van der Waals surface area contributed by atoms with Crippen molar-refractivity contribution >= 4 is 21.5 Å². The van der Waals surface area contributed by atoms with Gasteiger partial charge in [0.05, 0.1) is 18.7 Å². The van der Waals surface area contributed by atoms with Crippen molar-refractivity contribution in [3.05, 3.63) is 59.9 Å². The molecule has 0 aliphatic rings. The van der Waals surface area contributed by atoms with Gasteiger partial charge < -0.3 is 10.1 Å². The zero-order chi connectivity index (χ0) is 20.2. The van der Waals surface area contributed by atoms with Gasteiger partial charge in [0.1, 0.15) is 10.7 Å². The number of nitrogens with one attached hydrogen (secondary N) is 1. The Morgan fingerprint density at radius 1 is 1.15 bits per heavy atom. The van der Waals surface area contributed by atoms with Crippen molar-refractivity contribution in [2.75, 3.05) is 19.0 Å². The lowest BCUT2D eigenvalue weighted by Crippen LogP contribution is -2.26. The molecule has 0 saturated heterocycles. The molecule has 146 valence electrons. The molecule has 10 heteroatoms. The van der Waals surface area contributed by atoms with Gasteiger partial charge in [-0.25, -0.2) is 12.8 Å². The first-order valence-electron chi connectivity index (χ1n) is 7.55. The molecule has 0 radical (unpaired) electrons. The summed E-state index contributed by atoms with van der Waals surface area (Å²) in [6.07, 6.45) is 0. The molecule has 27 heavy (non-hydrogen) atoms. The molecule has 2 rings (SSSR count). The fourth-order valence-corrected chi connectivity index (χ4v) is 3.31. The number of anilines is 1. The molecule has 2 aromatic rings. The molecule has 0 spiro atoms. The predicted molar refractivity (Wildman–Crippen MR) is 89.3 cm³/mol. The minimum Gasteiger partial charge on any atom is -0.468 e. The molecule has 0 aromatic heterocycles. The lowest BCUT2D eigenvalue weighted by atomic mass is 9.99. The van der Waals surface area contributed by atoms with Gasteiger partial charge in [0, 0.05) is 6.54 Å². The van der Waals surface area contributed by atoms with Crippen molar-refractivity contribution in [1.29, 1.82) is 0 Å². The second kappa shape index (κ2) is 7.95. The molecule has 0 unspecified atom stereocenters. The Hall–Kier alpha value is -2.62. The Morgan fingerprint density at radius 2 is 1.78 bits per heavy atom. The highest BCUT2D eigenvalue weighted by atomic mass is 32.2. The third kappa shape index (κ3) is 4.57. The van der Waals surface area contributed by atoms with E-state index in [4.69, 9.17) is 0 Å². The van der Waals surface area contributed by atoms with E-state index < -0.39 is 43.6 Å². The lowest BCUT2D eigenvalue weighted by Gasteiger charge is -2.19. The van der Waals surface area contributed by atoms with Gasteiger partial charge in [-0.3, -0.25) is 4.79 Å². The molecule has 0 bridgehead atoms. The summed E-state index contributed by atoms with van der Waals surface area (Å²) >= 11 is 0. The number of esters is 1. The quantitative estimate of drug-likeness (QED) is 0.589. The fraction of sp³-hybridized carbons (Fsp3) is 0.235. The topological polar surface area (TPSA) is 72.5 Å². The van der Waals surface area contributed by atoms with E-state index in [1.807, 2.05) is 0 Å². The summed E-state index contributed by atoms with van der Waals surface area (Å²) in [5.41, 5.74) is -5.56. The first-order chi connectivity index (χ1) is 12.6. The van der Waals surface area contributed by atoms with E-state index in [0.717, 1.165) is 19.2 Å². The zero-order valence-corrected chi connectivity index (χ0v) is 14.8. The number of methoxy groups -OCH3 is 1. The molecule has 2 aromatic carbocycles. The highest BCUT2D eigenvalue weighted by Gasteiger charge is 2.48. The minimum atomic E-state index is -5.79. The maximum atomic E-state index is 13.4. The van der Waals surface area contributed by atoms with Crippen LogP contribution >= 0.6 is 0 Å². The van der Waals surface area contributed by atoms with Crippen molar-refractivity contribution < 1.29 is 35.5 Å². The summed E-state index contributed by atoms with van der Waals surface area (Å²) in [4.78, 5) is 10.8. The van der Waals surface area contributed by atoms with E-state index in [-0.39, 0.29) is 12.6 Å². The Labute approximate surface area is 152 Å². The van der Waals surface area contributed by atoms with Crippen LogP contribution in [0.1, 0.15) is 11.5 Å². The van der Waals surface area contributed by atoms with Crippen LogP contribution in [0.25, 0.3) is 0 Å². The third-order valence-electron chi connectivity index (χ3n) is 3.72. The summed E-state index contributed by atoms with van der Waals surface area (Å²) in [6.45, 7) is -0.261. The van der Waals surface area contributed by atoms with Crippen molar-refractivity contribution in [2.24, 2.45) is 0 Å². The normalized spacial score (nSPS) is 13.1. The molecular weight excluding hydrogens is 390 g/mol. The van der Waals surface area contributed by atoms with E-state index in [1.54, 1.807) is 30.3 Å². The number of ether oxygens (including phenoxy) is 1. The van der Waals surface area contributed by atoms with Crippen molar-refractivity contribution in [1.82, 2.24) is 0 Å². The van der Waals surface area contributed by atoms with Crippen LogP contribution in [0.5, 0.6) is 0 Å². The van der Waals surface area contributed by atoms with Crippen LogP contribution in [0.3, 0.4) is 0 Å². The van der Waals surface area contributed by atoms with Gasteiger partial charge in [0.15, 0.2) is 0 Å². The molecule has 0 heterocycles. The van der Waals surface area contributed by atoms with Crippen LogP contribution in [0.2, 0.25) is 0 Å². The Balaban J connectivity index is 2.38. The van der Waals surface area contributed by atoms with Crippen molar-refractivity contribution in [2.45, 2.75) is 16.3 Å². The summed E-state index contributed by atoms with van der Waals surface area (Å²) in [5, 5.41) is 2.49. The summed E-state index contributed by atoms with van der Waals surface area (Å²) in [7, 11) is -4.64. The van der Waals surface area contributed by atoms with Crippen LogP contribution in [-0.4, -0.2) is 33.5 Å². The Kier molecular flexibility index (Phi) is 6.09. The van der Waals surface area contributed by atoms with Gasteiger partial charge in [-0.05, 0) is 23.8 Å². The molecule has 0 saturated carbocycles. The number of rotatable bonds is 6. The largest absolute Gasteiger partial charge is 0.501 e. The molecule has 1 N–H and O–H groups in total. The first kappa shape index (κ1) is 20.7. The van der Waals surface area contributed by atoms with Crippen LogP contribution in [-0.2, 0) is 19.4 Å². The number of halogens is 4. The maximum absolute atomic E-state index is 13.4. The Morgan fingerprint density at radius 3 is 2.33 bits per heavy atom. The predicted octanol–water partition coefficient (Wildman–Crippen LogP) is 3.49. The number of hydrogen-bond acceptors (Lipinski definition) is 5. The van der Waals surface area contributed by atoms with Gasteiger partial charge >= 0.3 is 11.5 Å². The summed E-state index contributed by atoms with van der Waals surface area (Å²) in [6, 6.07) is 10.2. The SMILES string of the molecule is COC(=O)[C@@H](CNc1ccc(F)cc1S(=O)(=O)C(F)(F)F)c1ccccc1. The number of carbonyl (C=O) groups excluding carboxylic acids is 1. The highest BCUT2D eigenvalue weighted by molar-refractivity contribution is 7.92. The standard InChI is InChI=1S/C17H15F4NO4S/c1-26-16(23)13(11-5-3-2-4-6-11)10-22-14-8-7-12(18)9-15(14)27(24,25)17(19,20)21/h2-9,13,22H,10H2,1H3/t13-/m0/s1. The fourth-order valence-electron chi connectivity index (χ4n) is 2.37. The van der Waals surface area contributed by atoms with Crippen LogP contribution in [0, 0.1) is 5.82 Å². The van der Waals surface area contributed by atoms with Gasteiger partial charge in [0.2, 0.25) is 0 Å². The number of alkyl halides is 3. The number of sulfone groups is 1. The maximum Gasteiger partial charge on any atom is 0.501 e. The van der Waals surface area contributed by atoms with E-state index in [9.17, 15) is 30.8 Å². The molecule has 0 fully saturated rings. The van der Waals surface area contributed by atoms with E-state index in [2.05, 4.69) is 10.1 Å². The van der Waals surface area contributed by atoms with Crippen LogP contribution in [0.4, 0.5) is 23.2 Å². The third-order valence-corrected chi connectivity index (χ3v) is 5.25. The zero-order valence-electron chi connectivity index (χ0n) is 14.0. The average Bonchev–Trinajstić information content (AvgIpc) is 2.62. The molecular formula is C17H15F4NO4S. The molecule has 1 atom stereocenters. The van der Waals surface area contributed by atoms with Gasteiger partial charge in [-0.2, -0.15) is 13.2 Å². The lowest BCUT2D eigenvalue weighted by molar-refractivity contribution is -0.142. The number of carbonyl (C=O) groups is 1. The Bertz CT molecular complexity index is 914. The summed E-state index contributed by atoms with van der Waals surface area (Å²) in [5.74, 6) is -2.73. The molecule has 0 amide bonds. The van der Waals surface area contributed by atoms with Crippen LogP contribution in [0.15, 0.2) is 53.4 Å². The van der Waals surface area contributed by atoms with E-state index in [1.165, 1.54) is 0 Å².